The molecule has 0 fully saturated rings. The molecular formula is C20H18N4OS. The maximum atomic E-state index is 12.8. The van der Waals surface area contributed by atoms with Crippen molar-refractivity contribution in [2.75, 3.05) is 0 Å². The van der Waals surface area contributed by atoms with Gasteiger partial charge in [-0.25, -0.2) is 0 Å². The van der Waals surface area contributed by atoms with E-state index in [1.54, 1.807) is 26.9 Å². The predicted molar refractivity (Wildman–Crippen MR) is 104 cm³/mol. The Morgan fingerprint density at radius 2 is 1.85 bits per heavy atom. The maximum Gasteiger partial charge on any atom is 0.300 e. The second-order valence-electron chi connectivity index (χ2n) is 6.20. The van der Waals surface area contributed by atoms with Crippen LogP contribution in [0.3, 0.4) is 0 Å². The average Bonchev–Trinajstić information content (AvgIpc) is 3.05. The fourth-order valence-electron chi connectivity index (χ4n) is 2.86. The molecule has 0 aliphatic heterocycles. The van der Waals surface area contributed by atoms with Crippen LogP contribution in [0.2, 0.25) is 0 Å². The van der Waals surface area contributed by atoms with Gasteiger partial charge in [0, 0.05) is 23.8 Å². The van der Waals surface area contributed by atoms with Crippen LogP contribution in [-0.4, -0.2) is 19.2 Å². The molecule has 2 heterocycles. The standard InChI is InChI=1S/C20H18N4OS/c1-14-6-5-9-17(12-14)23-10-11-24-18(19(23)25)21-22-20(24)26-13-16-8-4-3-7-15(16)2/h3-12H,13H2,1-2H3. The molecule has 130 valence electrons. The van der Waals surface area contributed by atoms with E-state index in [0.717, 1.165) is 22.2 Å². The summed E-state index contributed by atoms with van der Waals surface area (Å²) in [5.74, 6) is 0.786. The van der Waals surface area contributed by atoms with Crippen LogP contribution in [0, 0.1) is 13.8 Å². The number of thioether (sulfide) groups is 1. The molecule has 4 rings (SSSR count). The number of aromatic nitrogens is 4. The number of rotatable bonds is 4. The van der Waals surface area contributed by atoms with Gasteiger partial charge in [0.1, 0.15) is 0 Å². The van der Waals surface area contributed by atoms with Crippen LogP contribution >= 0.6 is 11.8 Å². The van der Waals surface area contributed by atoms with Crippen molar-refractivity contribution in [3.05, 3.63) is 88.0 Å². The zero-order valence-corrected chi connectivity index (χ0v) is 15.4. The lowest BCUT2D eigenvalue weighted by Crippen LogP contribution is -2.20. The lowest BCUT2D eigenvalue weighted by atomic mass is 10.1. The topological polar surface area (TPSA) is 52.2 Å². The molecule has 0 aliphatic carbocycles. The second kappa shape index (κ2) is 6.80. The molecule has 0 radical (unpaired) electrons. The number of hydrogen-bond donors (Lipinski definition) is 0. The highest BCUT2D eigenvalue weighted by molar-refractivity contribution is 7.98. The summed E-state index contributed by atoms with van der Waals surface area (Å²) in [4.78, 5) is 12.8. The number of fused-ring (bicyclic) bond motifs is 1. The molecule has 0 unspecified atom stereocenters. The summed E-state index contributed by atoms with van der Waals surface area (Å²) in [7, 11) is 0. The van der Waals surface area contributed by atoms with Crippen LogP contribution in [0.4, 0.5) is 0 Å². The van der Waals surface area contributed by atoms with Gasteiger partial charge in [0.05, 0.1) is 0 Å². The quantitative estimate of drug-likeness (QED) is 0.518. The van der Waals surface area contributed by atoms with Crippen molar-refractivity contribution < 1.29 is 0 Å². The molecule has 0 saturated heterocycles. The molecule has 0 amide bonds. The first-order valence-electron chi connectivity index (χ1n) is 8.34. The van der Waals surface area contributed by atoms with E-state index >= 15 is 0 Å². The van der Waals surface area contributed by atoms with Gasteiger partial charge in [-0.3, -0.25) is 13.8 Å². The van der Waals surface area contributed by atoms with Gasteiger partial charge >= 0.3 is 5.56 Å². The zero-order valence-electron chi connectivity index (χ0n) is 14.6. The summed E-state index contributed by atoms with van der Waals surface area (Å²) < 4.78 is 3.37. The third kappa shape index (κ3) is 3.04. The van der Waals surface area contributed by atoms with Crippen LogP contribution in [0.5, 0.6) is 0 Å². The molecule has 5 nitrogen and oxygen atoms in total. The smallest absolute Gasteiger partial charge is 0.280 e. The Labute approximate surface area is 155 Å². The number of aryl methyl sites for hydroxylation is 2. The van der Waals surface area contributed by atoms with E-state index in [9.17, 15) is 4.79 Å². The Bertz CT molecular complexity index is 1150. The monoisotopic (exact) mass is 362 g/mol. The van der Waals surface area contributed by atoms with Gasteiger partial charge in [-0.1, -0.05) is 48.2 Å². The van der Waals surface area contributed by atoms with Crippen LogP contribution in [0.15, 0.2) is 70.9 Å². The molecule has 2 aromatic carbocycles. The van der Waals surface area contributed by atoms with Crippen LogP contribution in [0.25, 0.3) is 11.3 Å². The van der Waals surface area contributed by atoms with Gasteiger partial charge in [-0.2, -0.15) is 0 Å². The van der Waals surface area contributed by atoms with Crippen molar-refractivity contribution in [1.29, 1.82) is 0 Å². The largest absolute Gasteiger partial charge is 0.300 e. The lowest BCUT2D eigenvalue weighted by Gasteiger charge is -2.07. The average molecular weight is 362 g/mol. The van der Waals surface area contributed by atoms with Crippen molar-refractivity contribution in [2.45, 2.75) is 24.8 Å². The van der Waals surface area contributed by atoms with Gasteiger partial charge in [0.2, 0.25) is 5.65 Å². The number of benzene rings is 2. The van der Waals surface area contributed by atoms with Gasteiger partial charge in [0.15, 0.2) is 5.16 Å². The normalized spacial score (nSPS) is 11.2. The highest BCUT2D eigenvalue weighted by Crippen LogP contribution is 2.22. The Kier molecular flexibility index (Phi) is 4.34. The molecule has 0 bridgehead atoms. The highest BCUT2D eigenvalue weighted by atomic mass is 32.2. The SMILES string of the molecule is Cc1cccc(-n2ccn3c(SCc4ccccc4C)nnc3c2=O)c1. The van der Waals surface area contributed by atoms with Gasteiger partial charge in [-0.05, 0) is 42.7 Å². The van der Waals surface area contributed by atoms with E-state index in [1.807, 2.05) is 49.5 Å². The van der Waals surface area contributed by atoms with Crippen LogP contribution < -0.4 is 5.56 Å². The van der Waals surface area contributed by atoms with Crippen molar-refractivity contribution in [1.82, 2.24) is 19.2 Å². The molecule has 6 heteroatoms. The minimum atomic E-state index is -0.173. The van der Waals surface area contributed by atoms with Crippen LogP contribution in [-0.2, 0) is 5.75 Å². The lowest BCUT2D eigenvalue weighted by molar-refractivity contribution is 0.892. The van der Waals surface area contributed by atoms with Crippen molar-refractivity contribution >= 4 is 17.4 Å². The molecule has 26 heavy (non-hydrogen) atoms. The zero-order chi connectivity index (χ0) is 18.1. The molecule has 0 saturated carbocycles. The summed E-state index contributed by atoms with van der Waals surface area (Å²) in [6.45, 7) is 4.10. The summed E-state index contributed by atoms with van der Waals surface area (Å²) in [6, 6.07) is 16.1. The molecule has 0 N–H and O–H groups in total. The predicted octanol–water partition coefficient (Wildman–Crippen LogP) is 3.79. The summed E-state index contributed by atoms with van der Waals surface area (Å²) in [6.07, 6.45) is 3.62. The Hall–Kier alpha value is -2.86. The highest BCUT2D eigenvalue weighted by Gasteiger charge is 2.12. The van der Waals surface area contributed by atoms with Gasteiger partial charge in [0.25, 0.3) is 0 Å². The maximum absolute atomic E-state index is 12.8. The first kappa shape index (κ1) is 16.6. The fourth-order valence-corrected chi connectivity index (χ4v) is 3.85. The van der Waals surface area contributed by atoms with Gasteiger partial charge < -0.3 is 0 Å². The summed E-state index contributed by atoms with van der Waals surface area (Å²) in [5.41, 5.74) is 4.59. The van der Waals surface area contributed by atoms with E-state index in [2.05, 4.69) is 29.3 Å². The number of nitrogens with zero attached hydrogens (tertiary/aromatic N) is 4. The molecule has 2 aromatic heterocycles. The van der Waals surface area contributed by atoms with E-state index in [-0.39, 0.29) is 5.56 Å². The van der Waals surface area contributed by atoms with Crippen LogP contribution in [0.1, 0.15) is 16.7 Å². The van der Waals surface area contributed by atoms with E-state index in [4.69, 9.17) is 0 Å². The minimum Gasteiger partial charge on any atom is -0.280 e. The Morgan fingerprint density at radius 3 is 2.65 bits per heavy atom. The van der Waals surface area contributed by atoms with Crippen molar-refractivity contribution in [2.24, 2.45) is 0 Å². The second-order valence-corrected chi connectivity index (χ2v) is 7.15. The molecule has 0 aliphatic rings. The third-order valence-corrected chi connectivity index (χ3v) is 5.33. The van der Waals surface area contributed by atoms with E-state index < -0.39 is 0 Å². The molecular weight excluding hydrogens is 344 g/mol. The van der Waals surface area contributed by atoms with E-state index in [0.29, 0.717) is 5.65 Å². The Morgan fingerprint density at radius 1 is 1.00 bits per heavy atom. The first-order chi connectivity index (χ1) is 12.6. The summed E-state index contributed by atoms with van der Waals surface area (Å²) in [5, 5.41) is 9.06. The first-order valence-corrected chi connectivity index (χ1v) is 9.33. The van der Waals surface area contributed by atoms with Crippen molar-refractivity contribution in [3.8, 4) is 5.69 Å². The van der Waals surface area contributed by atoms with E-state index in [1.165, 1.54) is 11.1 Å². The Balaban J connectivity index is 1.68. The third-order valence-electron chi connectivity index (χ3n) is 4.34. The number of hydrogen-bond acceptors (Lipinski definition) is 4. The van der Waals surface area contributed by atoms with Crippen molar-refractivity contribution in [3.63, 3.8) is 0 Å². The fraction of sp³-hybridized carbons (Fsp3) is 0.150. The minimum absolute atomic E-state index is 0.173. The molecule has 0 atom stereocenters. The molecule has 4 aromatic rings. The summed E-state index contributed by atoms with van der Waals surface area (Å²) >= 11 is 1.58. The van der Waals surface area contributed by atoms with Gasteiger partial charge in [-0.15, -0.1) is 10.2 Å². The molecule has 0 spiro atoms.